The molecular weight excluding hydrogens is 402 g/mol. The van der Waals surface area contributed by atoms with Gasteiger partial charge in [0.05, 0.1) is 12.3 Å². The number of rotatable bonds is 5. The first-order valence-corrected chi connectivity index (χ1v) is 12.1. The Morgan fingerprint density at radius 1 is 1.14 bits per heavy atom. The van der Waals surface area contributed by atoms with E-state index in [0.29, 0.717) is 17.3 Å². The van der Waals surface area contributed by atoms with E-state index >= 15 is 0 Å². The van der Waals surface area contributed by atoms with Crippen LogP contribution in [0.25, 0.3) is 0 Å². The Bertz CT molecular complexity index is 994. The number of fused-ring (bicyclic) bond motifs is 1. The fraction of sp³-hybridized carbons (Fsp3) is 0.409. The summed E-state index contributed by atoms with van der Waals surface area (Å²) in [5.41, 5.74) is 5.57. The number of benzene rings is 2. The van der Waals surface area contributed by atoms with Crippen molar-refractivity contribution in [2.24, 2.45) is 0 Å². The van der Waals surface area contributed by atoms with E-state index in [9.17, 15) is 8.42 Å². The van der Waals surface area contributed by atoms with Crippen LogP contribution in [0, 0.1) is 0 Å². The molecule has 0 saturated heterocycles. The van der Waals surface area contributed by atoms with E-state index in [1.165, 1.54) is 16.7 Å². The van der Waals surface area contributed by atoms with Gasteiger partial charge in [-0.25, -0.2) is 8.42 Å². The zero-order valence-corrected chi connectivity index (χ0v) is 19.0. The zero-order chi connectivity index (χ0) is 21.2. The molecule has 0 heterocycles. The fourth-order valence-corrected chi connectivity index (χ4v) is 4.33. The maximum Gasteiger partial charge on any atom is 0.229 e. The largest absolute Gasteiger partial charge is 0.359 e. The summed E-state index contributed by atoms with van der Waals surface area (Å²) in [7, 11) is -3.27. The third kappa shape index (κ3) is 5.93. The summed E-state index contributed by atoms with van der Waals surface area (Å²) in [6.07, 6.45) is 2.98. The molecule has 3 rings (SSSR count). The van der Waals surface area contributed by atoms with Gasteiger partial charge in [-0.05, 0) is 64.9 Å². The topological polar surface area (TPSA) is 70.2 Å². The smallest absolute Gasteiger partial charge is 0.229 e. The number of nitrogens with one attached hydrogen (secondary N) is 3. The molecule has 0 radical (unpaired) electrons. The first-order chi connectivity index (χ1) is 13.5. The van der Waals surface area contributed by atoms with E-state index in [4.69, 9.17) is 12.2 Å². The number of thiocarbonyl (C=S) groups is 1. The summed E-state index contributed by atoms with van der Waals surface area (Å²) in [5.74, 6) is 0. The lowest BCUT2D eigenvalue weighted by Crippen LogP contribution is -2.36. The van der Waals surface area contributed by atoms with Crippen molar-refractivity contribution < 1.29 is 8.42 Å². The highest BCUT2D eigenvalue weighted by Crippen LogP contribution is 2.33. The lowest BCUT2D eigenvalue weighted by molar-refractivity contribution is 0.589. The van der Waals surface area contributed by atoms with E-state index < -0.39 is 10.0 Å². The Balaban J connectivity index is 1.56. The van der Waals surface area contributed by atoms with Crippen LogP contribution in [0.1, 0.15) is 55.5 Å². The Hall–Kier alpha value is -2.12. The molecule has 0 bridgehead atoms. The molecule has 2 aromatic rings. The maximum atomic E-state index is 11.4. The van der Waals surface area contributed by atoms with Gasteiger partial charge in [-0.3, -0.25) is 4.72 Å². The summed E-state index contributed by atoms with van der Waals surface area (Å²) in [5, 5.41) is 7.30. The molecule has 5 nitrogen and oxygen atoms in total. The Morgan fingerprint density at radius 2 is 1.83 bits per heavy atom. The highest BCUT2D eigenvalue weighted by molar-refractivity contribution is 7.92. The van der Waals surface area contributed by atoms with Crippen LogP contribution in [-0.4, -0.2) is 19.8 Å². The van der Waals surface area contributed by atoms with Crippen molar-refractivity contribution in [2.75, 3.05) is 11.0 Å². The lowest BCUT2D eigenvalue weighted by Gasteiger charge is -2.20. The van der Waals surface area contributed by atoms with Crippen molar-refractivity contribution in [1.29, 1.82) is 0 Å². The molecular formula is C22H29N3O2S2. The molecule has 1 atom stereocenters. The molecule has 1 unspecified atom stereocenters. The van der Waals surface area contributed by atoms with Crippen LogP contribution in [-0.2, 0) is 28.4 Å². The molecule has 0 fully saturated rings. The van der Waals surface area contributed by atoms with Crippen LogP contribution < -0.4 is 15.4 Å². The van der Waals surface area contributed by atoms with E-state index in [2.05, 4.69) is 60.4 Å². The molecule has 29 heavy (non-hydrogen) atoms. The average Bonchev–Trinajstić information content (AvgIpc) is 3.00. The molecule has 0 aliphatic heterocycles. The molecule has 2 aromatic carbocycles. The van der Waals surface area contributed by atoms with Crippen LogP contribution in [0.4, 0.5) is 5.69 Å². The van der Waals surface area contributed by atoms with Crippen LogP contribution in [0.15, 0.2) is 42.5 Å². The van der Waals surface area contributed by atoms with Gasteiger partial charge in [0.1, 0.15) is 0 Å². The second kappa shape index (κ2) is 8.32. The van der Waals surface area contributed by atoms with Gasteiger partial charge in [0.25, 0.3) is 0 Å². The van der Waals surface area contributed by atoms with Gasteiger partial charge in [0.15, 0.2) is 5.11 Å². The first kappa shape index (κ1) is 21.6. The quantitative estimate of drug-likeness (QED) is 0.624. The van der Waals surface area contributed by atoms with Crippen molar-refractivity contribution in [3.63, 3.8) is 0 Å². The standard InChI is InChI=1S/C22H29N3O2S2/c1-22(2,3)17-8-5-15(6-9-17)14-23-21(28)24-20-12-7-16-13-18(10-11-19(16)20)25-29(4,26)27/h5-6,8-11,13,20,25H,7,12,14H2,1-4H3,(H2,23,24,28). The van der Waals surface area contributed by atoms with E-state index in [1.54, 1.807) is 6.07 Å². The van der Waals surface area contributed by atoms with Crippen LogP contribution in [0.3, 0.4) is 0 Å². The molecule has 0 spiro atoms. The molecule has 1 aliphatic carbocycles. The van der Waals surface area contributed by atoms with Crippen molar-refractivity contribution >= 4 is 33.0 Å². The minimum absolute atomic E-state index is 0.139. The summed E-state index contributed by atoms with van der Waals surface area (Å²) >= 11 is 5.49. The van der Waals surface area contributed by atoms with Gasteiger partial charge in [-0.15, -0.1) is 0 Å². The predicted octanol–water partition coefficient (Wildman–Crippen LogP) is 4.01. The predicted molar refractivity (Wildman–Crippen MR) is 124 cm³/mol. The Morgan fingerprint density at radius 3 is 2.45 bits per heavy atom. The third-order valence-corrected chi connectivity index (χ3v) is 5.97. The summed E-state index contributed by atoms with van der Waals surface area (Å²) in [6, 6.07) is 14.4. The molecule has 3 N–H and O–H groups in total. The van der Waals surface area contributed by atoms with E-state index in [1.807, 2.05) is 12.1 Å². The SMILES string of the molecule is CC(C)(C)c1ccc(CNC(=S)NC2CCc3cc(NS(C)(=O)=O)ccc32)cc1. The lowest BCUT2D eigenvalue weighted by atomic mass is 9.87. The van der Waals surface area contributed by atoms with Crippen molar-refractivity contribution in [2.45, 2.75) is 51.6 Å². The molecule has 1 aliphatic rings. The monoisotopic (exact) mass is 431 g/mol. The third-order valence-electron chi connectivity index (χ3n) is 5.10. The average molecular weight is 432 g/mol. The second-order valence-electron chi connectivity index (χ2n) is 8.65. The van der Waals surface area contributed by atoms with Gasteiger partial charge in [-0.1, -0.05) is 51.1 Å². The highest BCUT2D eigenvalue weighted by Gasteiger charge is 2.23. The number of aryl methyl sites for hydroxylation is 1. The molecule has 0 saturated carbocycles. The molecule has 0 amide bonds. The summed E-state index contributed by atoms with van der Waals surface area (Å²) < 4.78 is 25.4. The maximum absolute atomic E-state index is 11.4. The Labute approximate surface area is 179 Å². The van der Waals surface area contributed by atoms with Gasteiger partial charge >= 0.3 is 0 Å². The summed E-state index contributed by atoms with van der Waals surface area (Å²) in [4.78, 5) is 0. The van der Waals surface area contributed by atoms with Crippen molar-refractivity contribution in [3.8, 4) is 0 Å². The molecule has 7 heteroatoms. The van der Waals surface area contributed by atoms with Gasteiger partial charge in [-0.2, -0.15) is 0 Å². The highest BCUT2D eigenvalue weighted by atomic mass is 32.2. The number of hydrogen-bond acceptors (Lipinski definition) is 3. The zero-order valence-electron chi connectivity index (χ0n) is 17.4. The van der Waals surface area contributed by atoms with Gasteiger partial charge in [0, 0.05) is 12.2 Å². The van der Waals surface area contributed by atoms with E-state index in [0.717, 1.165) is 24.7 Å². The molecule has 156 valence electrons. The van der Waals surface area contributed by atoms with Crippen molar-refractivity contribution in [3.05, 3.63) is 64.7 Å². The van der Waals surface area contributed by atoms with Gasteiger partial charge < -0.3 is 10.6 Å². The normalized spacial score (nSPS) is 16.2. The van der Waals surface area contributed by atoms with Crippen LogP contribution >= 0.6 is 12.2 Å². The van der Waals surface area contributed by atoms with Gasteiger partial charge in [0.2, 0.25) is 10.0 Å². The van der Waals surface area contributed by atoms with Crippen molar-refractivity contribution in [1.82, 2.24) is 10.6 Å². The fourth-order valence-electron chi connectivity index (χ4n) is 3.56. The second-order valence-corrected chi connectivity index (χ2v) is 10.8. The number of anilines is 1. The number of hydrogen-bond donors (Lipinski definition) is 3. The van der Waals surface area contributed by atoms with E-state index in [-0.39, 0.29) is 11.5 Å². The minimum atomic E-state index is -3.27. The van der Waals surface area contributed by atoms with Crippen LogP contribution in [0.2, 0.25) is 0 Å². The Kier molecular flexibility index (Phi) is 6.19. The molecule has 0 aromatic heterocycles. The van der Waals surface area contributed by atoms with Crippen LogP contribution in [0.5, 0.6) is 0 Å². The first-order valence-electron chi connectivity index (χ1n) is 9.76. The minimum Gasteiger partial charge on any atom is -0.359 e. The number of sulfonamides is 1. The summed E-state index contributed by atoms with van der Waals surface area (Å²) in [6.45, 7) is 7.30.